The van der Waals surface area contributed by atoms with Crippen molar-refractivity contribution in [3.8, 4) is 23.7 Å². The number of imidazole rings is 2. The number of fused-ring (bicyclic) bond motifs is 2. The molecule has 2 amide bonds. The fraction of sp³-hybridized carbons (Fsp3) is 0.463. The summed E-state index contributed by atoms with van der Waals surface area (Å²) in [6.45, 7) is 7.78. The van der Waals surface area contributed by atoms with Crippen LogP contribution in [0.4, 0.5) is 17.6 Å². The van der Waals surface area contributed by atoms with Gasteiger partial charge in [-0.2, -0.15) is 0 Å². The fourth-order valence-corrected chi connectivity index (χ4v) is 6.94. The van der Waals surface area contributed by atoms with Gasteiger partial charge in [0.25, 0.3) is 0 Å². The van der Waals surface area contributed by atoms with Crippen LogP contribution in [0.15, 0.2) is 48.0 Å². The molecular weight excluding hydrogens is 684 g/mol. The summed E-state index contributed by atoms with van der Waals surface area (Å²) in [6, 6.07) is 10.1. The summed E-state index contributed by atoms with van der Waals surface area (Å²) in [6.07, 6.45) is 1.43. The smallest absolute Gasteiger partial charge is 0.248 e. The van der Waals surface area contributed by atoms with Crippen molar-refractivity contribution in [3.63, 3.8) is 0 Å². The molecule has 0 radical (unpaired) electrons. The number of carbonyl (C=O) groups is 2. The zero-order valence-electron chi connectivity index (χ0n) is 30.3. The normalized spacial score (nSPS) is 18.4. The first-order valence-electron chi connectivity index (χ1n) is 18.2. The molecule has 0 spiro atoms. The second-order valence-corrected chi connectivity index (χ2v) is 14.9. The van der Waals surface area contributed by atoms with Crippen molar-refractivity contribution >= 4 is 33.9 Å². The van der Waals surface area contributed by atoms with E-state index < -0.39 is 35.8 Å². The van der Waals surface area contributed by atoms with Crippen molar-refractivity contribution in [2.24, 2.45) is 17.8 Å². The van der Waals surface area contributed by atoms with E-state index in [1.807, 2.05) is 70.2 Å². The van der Waals surface area contributed by atoms with Gasteiger partial charge in [-0.3, -0.25) is 9.59 Å². The number of amides is 2. The van der Waals surface area contributed by atoms with Crippen LogP contribution in [0.5, 0.6) is 0 Å². The standard InChI is InChI=1S/C41H44F4N6O2/c1-24(2)21-34(50-38(52)28-13-17-40(42,43)18-14-28)36-46-30-11-9-26(22-32(30)48-36)7-5-6-8-27-10-12-31-33(23-27)49-37(47-31)35(25(3)4)51-39(53)29-15-19-41(44,45)20-16-29/h9-12,21-23,25,28-29,34-35H,13-20H2,1-4H3,(H,46,48)(H,47,49)(H,50,52)(H,51,53). The molecule has 12 heteroatoms. The van der Waals surface area contributed by atoms with E-state index in [1.54, 1.807) is 0 Å². The van der Waals surface area contributed by atoms with Gasteiger partial charge in [-0.25, -0.2) is 27.5 Å². The minimum Gasteiger partial charge on any atom is -0.346 e. The number of allylic oxidation sites excluding steroid dienone is 1. The third kappa shape index (κ3) is 9.47. The Morgan fingerprint density at radius 1 is 0.755 bits per heavy atom. The summed E-state index contributed by atoms with van der Waals surface area (Å²) in [5.74, 6) is 6.30. The Balaban J connectivity index is 1.12. The average molecular weight is 729 g/mol. The van der Waals surface area contributed by atoms with Gasteiger partial charge in [0.15, 0.2) is 0 Å². The topological polar surface area (TPSA) is 116 Å². The van der Waals surface area contributed by atoms with Gasteiger partial charge in [0.2, 0.25) is 23.7 Å². The van der Waals surface area contributed by atoms with Gasteiger partial charge in [-0.05, 0) is 93.7 Å². The molecule has 0 bridgehead atoms. The van der Waals surface area contributed by atoms with Crippen molar-refractivity contribution in [2.45, 2.75) is 103 Å². The zero-order valence-corrected chi connectivity index (χ0v) is 30.3. The van der Waals surface area contributed by atoms with Gasteiger partial charge in [-0.1, -0.05) is 37.3 Å². The monoisotopic (exact) mass is 728 g/mol. The molecule has 2 aliphatic carbocycles. The van der Waals surface area contributed by atoms with Crippen LogP contribution >= 0.6 is 0 Å². The molecule has 2 atom stereocenters. The molecule has 2 aromatic carbocycles. The molecule has 6 rings (SSSR count). The maximum Gasteiger partial charge on any atom is 0.248 e. The van der Waals surface area contributed by atoms with E-state index in [0.29, 0.717) is 28.2 Å². The molecule has 278 valence electrons. The maximum atomic E-state index is 13.6. The van der Waals surface area contributed by atoms with Gasteiger partial charge >= 0.3 is 0 Å². The number of nitrogens with one attached hydrogen (secondary N) is 4. The molecule has 8 nitrogen and oxygen atoms in total. The Labute approximate surface area is 306 Å². The molecule has 4 aromatic rings. The number of rotatable bonds is 8. The molecule has 2 heterocycles. The molecule has 2 fully saturated rings. The van der Waals surface area contributed by atoms with Gasteiger partial charge in [0, 0.05) is 48.6 Å². The third-order valence-corrected chi connectivity index (χ3v) is 10.0. The molecule has 2 aromatic heterocycles. The lowest BCUT2D eigenvalue weighted by Gasteiger charge is -2.29. The third-order valence-electron chi connectivity index (χ3n) is 10.0. The molecule has 0 saturated heterocycles. The molecule has 2 aliphatic rings. The van der Waals surface area contributed by atoms with E-state index in [2.05, 4.69) is 49.3 Å². The summed E-state index contributed by atoms with van der Waals surface area (Å²) in [4.78, 5) is 42.0. The molecule has 2 unspecified atom stereocenters. The highest BCUT2D eigenvalue weighted by molar-refractivity contribution is 5.81. The average Bonchev–Trinajstić information content (AvgIpc) is 3.72. The van der Waals surface area contributed by atoms with Gasteiger partial charge in [0.05, 0.1) is 28.1 Å². The zero-order chi connectivity index (χ0) is 37.9. The lowest BCUT2D eigenvalue weighted by Crippen LogP contribution is -2.39. The number of nitrogens with zero attached hydrogens (tertiary/aromatic N) is 2. The van der Waals surface area contributed by atoms with Gasteiger partial charge in [0.1, 0.15) is 17.7 Å². The SMILES string of the molecule is CC(C)=CC(NC(=O)C1CCC(F)(F)CC1)c1nc2ccc(C#CC#Cc3ccc4nc(C(NC(=O)C5CCC(F)(F)CC5)C(C)C)[nH]c4c3)cc2[nH]1. The lowest BCUT2D eigenvalue weighted by molar-refractivity contribution is -0.131. The molecule has 0 aliphatic heterocycles. The Kier molecular flexibility index (Phi) is 11.0. The lowest BCUT2D eigenvalue weighted by atomic mass is 9.86. The summed E-state index contributed by atoms with van der Waals surface area (Å²) in [5.41, 5.74) is 5.30. The van der Waals surface area contributed by atoms with Crippen LogP contribution in [0.1, 0.15) is 114 Å². The number of H-pyrrole nitrogens is 2. The second kappa shape index (κ2) is 15.5. The Bertz CT molecular complexity index is 2140. The van der Waals surface area contributed by atoms with Crippen molar-refractivity contribution < 1.29 is 27.2 Å². The highest BCUT2D eigenvalue weighted by Gasteiger charge is 2.39. The Morgan fingerprint density at radius 3 is 1.68 bits per heavy atom. The predicted octanol–water partition coefficient (Wildman–Crippen LogP) is 8.43. The van der Waals surface area contributed by atoms with Crippen molar-refractivity contribution in [1.82, 2.24) is 30.6 Å². The summed E-state index contributed by atoms with van der Waals surface area (Å²) in [5, 5.41) is 6.04. The van der Waals surface area contributed by atoms with Crippen molar-refractivity contribution in [3.05, 3.63) is 70.8 Å². The van der Waals surface area contributed by atoms with Gasteiger partial charge in [-0.15, -0.1) is 0 Å². The van der Waals surface area contributed by atoms with Crippen LogP contribution in [0.3, 0.4) is 0 Å². The number of hydrogen-bond acceptors (Lipinski definition) is 4. The minimum absolute atomic E-state index is 0.0121. The van der Waals surface area contributed by atoms with Crippen LogP contribution in [0, 0.1) is 41.4 Å². The number of hydrogen-bond donors (Lipinski definition) is 4. The number of alkyl halides is 4. The molecular formula is C41H44F4N6O2. The number of carbonyl (C=O) groups excluding carboxylic acids is 2. The van der Waals surface area contributed by atoms with Gasteiger partial charge < -0.3 is 20.6 Å². The predicted molar refractivity (Wildman–Crippen MR) is 196 cm³/mol. The molecule has 4 N–H and O–H groups in total. The summed E-state index contributed by atoms with van der Waals surface area (Å²) >= 11 is 0. The van der Waals surface area contributed by atoms with E-state index in [1.165, 1.54) is 0 Å². The Hall–Kier alpha value is -5.10. The number of aromatic nitrogens is 4. The van der Waals surface area contributed by atoms with Crippen LogP contribution in [-0.4, -0.2) is 43.6 Å². The van der Waals surface area contributed by atoms with Crippen LogP contribution in [0.25, 0.3) is 22.1 Å². The number of halogens is 4. The van der Waals surface area contributed by atoms with Crippen LogP contribution in [-0.2, 0) is 9.59 Å². The highest BCUT2D eigenvalue weighted by atomic mass is 19.3. The van der Waals surface area contributed by atoms with Crippen LogP contribution < -0.4 is 10.6 Å². The van der Waals surface area contributed by atoms with Crippen LogP contribution in [0.2, 0.25) is 0 Å². The van der Waals surface area contributed by atoms with Crippen molar-refractivity contribution in [2.75, 3.05) is 0 Å². The van der Waals surface area contributed by atoms with E-state index in [4.69, 9.17) is 4.98 Å². The van der Waals surface area contributed by atoms with E-state index in [0.717, 1.165) is 22.2 Å². The quantitative estimate of drug-likeness (QED) is 0.0829. The van der Waals surface area contributed by atoms with E-state index in [-0.39, 0.29) is 69.1 Å². The van der Waals surface area contributed by atoms with E-state index in [9.17, 15) is 27.2 Å². The number of benzene rings is 2. The maximum absolute atomic E-state index is 13.6. The Morgan fingerprint density at radius 2 is 1.21 bits per heavy atom. The number of aromatic amines is 2. The first-order valence-corrected chi connectivity index (χ1v) is 18.2. The van der Waals surface area contributed by atoms with Crippen molar-refractivity contribution in [1.29, 1.82) is 0 Å². The summed E-state index contributed by atoms with van der Waals surface area (Å²) < 4.78 is 54.5. The molecule has 53 heavy (non-hydrogen) atoms. The highest BCUT2D eigenvalue weighted by Crippen LogP contribution is 2.38. The molecule has 2 saturated carbocycles. The fourth-order valence-electron chi connectivity index (χ4n) is 6.94. The largest absolute Gasteiger partial charge is 0.346 e. The minimum atomic E-state index is -2.70. The summed E-state index contributed by atoms with van der Waals surface area (Å²) in [7, 11) is 0. The first kappa shape index (κ1) is 37.7. The first-order chi connectivity index (χ1) is 25.1. The van der Waals surface area contributed by atoms with E-state index >= 15 is 0 Å². The second-order valence-electron chi connectivity index (χ2n) is 14.9.